The topological polar surface area (TPSA) is 38.3 Å². The van der Waals surface area contributed by atoms with Crippen molar-refractivity contribution in [2.75, 3.05) is 7.11 Å². The van der Waals surface area contributed by atoms with E-state index in [1.165, 1.54) is 0 Å². The van der Waals surface area contributed by atoms with Crippen LogP contribution >= 0.6 is 31.9 Å². The van der Waals surface area contributed by atoms with Gasteiger partial charge in [0, 0.05) is 8.95 Å². The number of benzene rings is 2. The number of hydrogen-bond donors (Lipinski definition) is 1. The largest absolute Gasteiger partial charge is 0.497 e. The Morgan fingerprint density at radius 1 is 1.14 bits per heavy atom. The molecule has 2 aromatic rings. The van der Waals surface area contributed by atoms with E-state index in [1.807, 2.05) is 31.2 Å². The van der Waals surface area contributed by atoms with Crippen LogP contribution in [0.5, 0.6) is 5.75 Å². The van der Waals surface area contributed by atoms with Crippen LogP contribution in [0.3, 0.4) is 0 Å². The molecular formula is C16H15Br2NO2. The van der Waals surface area contributed by atoms with Gasteiger partial charge in [-0.3, -0.25) is 4.79 Å². The Hall–Kier alpha value is -1.33. The third-order valence-electron chi connectivity index (χ3n) is 3.14. The number of halogens is 2. The van der Waals surface area contributed by atoms with Crippen molar-refractivity contribution in [3.05, 3.63) is 62.5 Å². The fourth-order valence-corrected chi connectivity index (χ4v) is 2.61. The number of amides is 1. The maximum atomic E-state index is 12.4. The van der Waals surface area contributed by atoms with Crippen LogP contribution in [0.25, 0.3) is 0 Å². The van der Waals surface area contributed by atoms with Gasteiger partial charge in [-0.25, -0.2) is 0 Å². The zero-order valence-corrected chi connectivity index (χ0v) is 14.9. The van der Waals surface area contributed by atoms with E-state index < -0.39 is 0 Å². The first kappa shape index (κ1) is 16.0. The minimum absolute atomic E-state index is 0.0799. The molecule has 0 bridgehead atoms. The minimum atomic E-state index is -0.142. The van der Waals surface area contributed by atoms with Crippen molar-refractivity contribution >= 4 is 37.8 Å². The van der Waals surface area contributed by atoms with E-state index in [9.17, 15) is 4.79 Å². The van der Waals surface area contributed by atoms with E-state index in [4.69, 9.17) is 4.74 Å². The Morgan fingerprint density at radius 3 is 2.43 bits per heavy atom. The smallest absolute Gasteiger partial charge is 0.253 e. The molecule has 0 spiro atoms. The highest BCUT2D eigenvalue weighted by Gasteiger charge is 2.15. The van der Waals surface area contributed by atoms with Crippen LogP contribution in [0.4, 0.5) is 0 Å². The number of nitrogens with one attached hydrogen (secondary N) is 1. The van der Waals surface area contributed by atoms with Gasteiger partial charge in [0.25, 0.3) is 5.91 Å². The quantitative estimate of drug-likeness (QED) is 0.789. The third kappa shape index (κ3) is 4.08. The van der Waals surface area contributed by atoms with E-state index in [1.54, 1.807) is 25.3 Å². The maximum Gasteiger partial charge on any atom is 0.253 e. The SMILES string of the molecule is COc1ccc(Br)c(C(=O)N[C@@H](C)c2ccc(Br)cc2)c1. The second kappa shape index (κ2) is 7.09. The molecule has 2 aromatic carbocycles. The Labute approximate surface area is 141 Å². The molecule has 3 nitrogen and oxygen atoms in total. The van der Waals surface area contributed by atoms with Crippen molar-refractivity contribution in [1.82, 2.24) is 5.32 Å². The fraction of sp³-hybridized carbons (Fsp3) is 0.188. The molecule has 0 saturated heterocycles. The summed E-state index contributed by atoms with van der Waals surface area (Å²) in [5, 5.41) is 2.98. The summed E-state index contributed by atoms with van der Waals surface area (Å²) >= 11 is 6.79. The first-order valence-corrected chi connectivity index (χ1v) is 7.99. The molecule has 0 aliphatic rings. The number of rotatable bonds is 4. The molecule has 0 aromatic heterocycles. The van der Waals surface area contributed by atoms with Crippen LogP contribution in [0.1, 0.15) is 28.9 Å². The number of methoxy groups -OCH3 is 1. The molecule has 0 radical (unpaired) electrons. The molecule has 110 valence electrons. The van der Waals surface area contributed by atoms with E-state index >= 15 is 0 Å². The summed E-state index contributed by atoms with van der Waals surface area (Å²) in [5.74, 6) is 0.510. The number of ether oxygens (including phenoxy) is 1. The first-order valence-electron chi connectivity index (χ1n) is 6.41. The lowest BCUT2D eigenvalue weighted by atomic mass is 10.1. The molecule has 2 rings (SSSR count). The van der Waals surface area contributed by atoms with E-state index in [0.29, 0.717) is 11.3 Å². The van der Waals surface area contributed by atoms with Gasteiger partial charge in [0.2, 0.25) is 0 Å². The van der Waals surface area contributed by atoms with Crippen molar-refractivity contribution in [3.8, 4) is 5.75 Å². The zero-order chi connectivity index (χ0) is 15.4. The molecule has 1 N–H and O–H groups in total. The Morgan fingerprint density at radius 2 is 1.81 bits per heavy atom. The van der Waals surface area contributed by atoms with Crippen LogP contribution in [0.2, 0.25) is 0 Å². The first-order chi connectivity index (χ1) is 10.0. The molecule has 0 aliphatic heterocycles. The summed E-state index contributed by atoms with van der Waals surface area (Å²) in [5.41, 5.74) is 1.60. The van der Waals surface area contributed by atoms with Gasteiger partial charge >= 0.3 is 0 Å². The van der Waals surface area contributed by atoms with Crippen molar-refractivity contribution in [2.24, 2.45) is 0 Å². The lowest BCUT2D eigenvalue weighted by molar-refractivity contribution is 0.0938. The van der Waals surface area contributed by atoms with E-state index in [-0.39, 0.29) is 11.9 Å². The highest BCUT2D eigenvalue weighted by Crippen LogP contribution is 2.23. The van der Waals surface area contributed by atoms with Crippen molar-refractivity contribution in [3.63, 3.8) is 0 Å². The average molecular weight is 413 g/mol. The van der Waals surface area contributed by atoms with Crippen LogP contribution < -0.4 is 10.1 Å². The van der Waals surface area contributed by atoms with Crippen LogP contribution in [0, 0.1) is 0 Å². The fourth-order valence-electron chi connectivity index (χ4n) is 1.91. The van der Waals surface area contributed by atoms with Crippen LogP contribution in [-0.2, 0) is 0 Å². The summed E-state index contributed by atoms with van der Waals surface area (Å²) in [7, 11) is 1.58. The average Bonchev–Trinajstić information content (AvgIpc) is 2.48. The molecule has 5 heteroatoms. The van der Waals surface area contributed by atoms with Gasteiger partial charge < -0.3 is 10.1 Å². The second-order valence-corrected chi connectivity index (χ2v) is 6.36. The Bertz CT molecular complexity index is 641. The molecule has 0 fully saturated rings. The molecular weight excluding hydrogens is 398 g/mol. The van der Waals surface area contributed by atoms with Gasteiger partial charge in [0.15, 0.2) is 0 Å². The number of carbonyl (C=O) groups is 1. The summed E-state index contributed by atoms with van der Waals surface area (Å²) in [6.07, 6.45) is 0. The van der Waals surface area contributed by atoms with Gasteiger partial charge in [0.1, 0.15) is 5.75 Å². The summed E-state index contributed by atoms with van der Waals surface area (Å²) in [4.78, 5) is 12.4. The molecule has 0 aliphatic carbocycles. The summed E-state index contributed by atoms with van der Waals surface area (Å²) < 4.78 is 6.91. The molecule has 0 unspecified atom stereocenters. The second-order valence-electron chi connectivity index (χ2n) is 4.59. The highest BCUT2D eigenvalue weighted by atomic mass is 79.9. The lowest BCUT2D eigenvalue weighted by Gasteiger charge is -2.15. The van der Waals surface area contributed by atoms with E-state index in [0.717, 1.165) is 14.5 Å². The molecule has 0 saturated carbocycles. The number of hydrogen-bond acceptors (Lipinski definition) is 2. The monoisotopic (exact) mass is 411 g/mol. The van der Waals surface area contributed by atoms with Crippen molar-refractivity contribution < 1.29 is 9.53 Å². The van der Waals surface area contributed by atoms with E-state index in [2.05, 4.69) is 37.2 Å². The molecule has 1 atom stereocenters. The maximum absolute atomic E-state index is 12.4. The van der Waals surface area contributed by atoms with Crippen molar-refractivity contribution in [2.45, 2.75) is 13.0 Å². The van der Waals surface area contributed by atoms with Gasteiger partial charge in [-0.15, -0.1) is 0 Å². The third-order valence-corrected chi connectivity index (χ3v) is 4.36. The normalized spacial score (nSPS) is 11.8. The number of carbonyl (C=O) groups excluding carboxylic acids is 1. The Balaban J connectivity index is 2.15. The van der Waals surface area contributed by atoms with Crippen LogP contribution in [-0.4, -0.2) is 13.0 Å². The zero-order valence-electron chi connectivity index (χ0n) is 11.7. The molecule has 0 heterocycles. The summed E-state index contributed by atoms with van der Waals surface area (Å²) in [6.45, 7) is 1.95. The Kier molecular flexibility index (Phi) is 5.42. The van der Waals surface area contributed by atoms with Crippen LogP contribution in [0.15, 0.2) is 51.4 Å². The van der Waals surface area contributed by atoms with Gasteiger partial charge in [0.05, 0.1) is 18.7 Å². The van der Waals surface area contributed by atoms with Gasteiger partial charge in [-0.2, -0.15) is 0 Å². The standard InChI is InChI=1S/C16H15Br2NO2/c1-10(11-3-5-12(17)6-4-11)19-16(20)14-9-13(21-2)7-8-15(14)18/h3-10H,1-2H3,(H,19,20)/t10-/m0/s1. The minimum Gasteiger partial charge on any atom is -0.497 e. The van der Waals surface area contributed by atoms with Gasteiger partial charge in [-0.1, -0.05) is 28.1 Å². The van der Waals surface area contributed by atoms with Crippen molar-refractivity contribution in [1.29, 1.82) is 0 Å². The summed E-state index contributed by atoms with van der Waals surface area (Å²) in [6, 6.07) is 13.1. The molecule has 1 amide bonds. The molecule has 21 heavy (non-hydrogen) atoms. The predicted molar refractivity (Wildman–Crippen MR) is 90.7 cm³/mol. The highest BCUT2D eigenvalue weighted by molar-refractivity contribution is 9.10. The lowest BCUT2D eigenvalue weighted by Crippen LogP contribution is -2.26. The predicted octanol–water partition coefficient (Wildman–Crippen LogP) is 4.71. The van der Waals surface area contributed by atoms with Gasteiger partial charge in [-0.05, 0) is 58.7 Å².